The lowest BCUT2D eigenvalue weighted by molar-refractivity contribution is -0.145. The highest BCUT2D eigenvalue weighted by atomic mass is 28.4. The van der Waals surface area contributed by atoms with Crippen molar-refractivity contribution in [3.8, 4) is 0 Å². The summed E-state index contributed by atoms with van der Waals surface area (Å²) in [6.07, 6.45) is 2.06. The van der Waals surface area contributed by atoms with Crippen molar-refractivity contribution in [2.24, 2.45) is 0 Å². The summed E-state index contributed by atoms with van der Waals surface area (Å²) < 4.78 is 12.4. The number of hydrogen-bond acceptors (Lipinski definition) is 3. The van der Waals surface area contributed by atoms with E-state index in [1.54, 1.807) is 6.08 Å². The van der Waals surface area contributed by atoms with Crippen molar-refractivity contribution >= 4 is 24.7 Å². The molecule has 1 aliphatic heterocycles. The molecule has 4 heteroatoms. The molecule has 1 aliphatic rings. The number of rotatable bonds is 5. The van der Waals surface area contributed by atoms with Gasteiger partial charge in [-0.1, -0.05) is 87.0 Å². The highest BCUT2D eigenvalue weighted by Gasteiger charge is 2.50. The summed E-state index contributed by atoms with van der Waals surface area (Å²) >= 11 is 0. The average Bonchev–Trinajstić information content (AvgIpc) is 2.62. The fraction of sp³-hybridized carbons (Fsp3) is 0.348. The Labute approximate surface area is 163 Å². The Balaban J connectivity index is 2.02. The second-order valence-electron chi connectivity index (χ2n) is 8.23. The minimum atomic E-state index is -2.59. The standard InChI is InChI=1S/C23H28O3Si/c1-18-15-19(26-22(24)16-18)17-25-27(23(2,3)4,20-11-7-5-8-12-20)21-13-9-6-10-14-21/h5-14,16,19H,15,17H2,1-4H3/t19-/m1/s1. The predicted octanol–water partition coefficient (Wildman–Crippen LogP) is 3.82. The number of cyclic esters (lactones) is 1. The maximum atomic E-state index is 11.8. The van der Waals surface area contributed by atoms with E-state index in [0.29, 0.717) is 6.61 Å². The van der Waals surface area contributed by atoms with E-state index in [1.165, 1.54) is 10.4 Å². The fourth-order valence-electron chi connectivity index (χ4n) is 3.93. The van der Waals surface area contributed by atoms with Gasteiger partial charge in [0, 0.05) is 12.5 Å². The third-order valence-corrected chi connectivity index (χ3v) is 10.1. The summed E-state index contributed by atoms with van der Waals surface area (Å²) in [7, 11) is -2.59. The second kappa shape index (κ2) is 7.83. The fourth-order valence-corrected chi connectivity index (χ4v) is 8.52. The highest BCUT2D eigenvalue weighted by molar-refractivity contribution is 6.99. The summed E-state index contributed by atoms with van der Waals surface area (Å²) in [4.78, 5) is 11.8. The molecule has 2 aromatic rings. The predicted molar refractivity (Wildman–Crippen MR) is 112 cm³/mol. The van der Waals surface area contributed by atoms with Gasteiger partial charge in [0.05, 0.1) is 6.61 Å². The van der Waals surface area contributed by atoms with Crippen LogP contribution in [0.15, 0.2) is 72.3 Å². The van der Waals surface area contributed by atoms with Crippen molar-refractivity contribution in [2.45, 2.75) is 45.3 Å². The van der Waals surface area contributed by atoms with Crippen LogP contribution in [0.4, 0.5) is 0 Å². The van der Waals surface area contributed by atoms with Gasteiger partial charge >= 0.3 is 5.97 Å². The van der Waals surface area contributed by atoms with Crippen molar-refractivity contribution in [1.29, 1.82) is 0 Å². The largest absolute Gasteiger partial charge is 0.456 e. The minimum absolute atomic E-state index is 0.0841. The van der Waals surface area contributed by atoms with Crippen LogP contribution in [0.2, 0.25) is 5.04 Å². The number of esters is 1. The Bertz CT molecular complexity index is 767. The van der Waals surface area contributed by atoms with Crippen LogP contribution in [-0.4, -0.2) is 27.0 Å². The van der Waals surface area contributed by atoms with Crippen LogP contribution < -0.4 is 10.4 Å². The van der Waals surface area contributed by atoms with Crippen LogP contribution in [-0.2, 0) is 14.0 Å². The number of benzene rings is 2. The molecule has 3 rings (SSSR count). The summed E-state index contributed by atoms with van der Waals surface area (Å²) in [5.41, 5.74) is 1.04. The van der Waals surface area contributed by atoms with Crippen molar-refractivity contribution in [3.05, 3.63) is 72.3 Å². The SMILES string of the molecule is CC1=CC(=O)O[C@@H](CO[Si](c2ccccc2)(c2ccccc2)C(C)(C)C)C1. The molecule has 2 aromatic carbocycles. The van der Waals surface area contributed by atoms with Gasteiger partial charge in [-0.15, -0.1) is 0 Å². The van der Waals surface area contributed by atoms with E-state index in [1.807, 2.05) is 19.1 Å². The van der Waals surface area contributed by atoms with Crippen LogP contribution >= 0.6 is 0 Å². The maximum Gasteiger partial charge on any atom is 0.331 e. The van der Waals surface area contributed by atoms with E-state index < -0.39 is 8.32 Å². The molecule has 0 radical (unpaired) electrons. The molecule has 27 heavy (non-hydrogen) atoms. The van der Waals surface area contributed by atoms with Gasteiger partial charge in [-0.25, -0.2) is 4.79 Å². The second-order valence-corrected chi connectivity index (χ2v) is 12.5. The van der Waals surface area contributed by atoms with Gasteiger partial charge in [0.1, 0.15) is 6.10 Å². The Hall–Kier alpha value is -2.17. The zero-order chi connectivity index (χ0) is 19.5. The molecule has 0 bridgehead atoms. The van der Waals surface area contributed by atoms with Gasteiger partial charge in [0.25, 0.3) is 8.32 Å². The van der Waals surface area contributed by atoms with Crippen LogP contribution in [0, 0.1) is 0 Å². The molecule has 0 aliphatic carbocycles. The Morgan fingerprint density at radius 3 is 1.96 bits per heavy atom. The highest BCUT2D eigenvalue weighted by Crippen LogP contribution is 2.37. The molecular weight excluding hydrogens is 352 g/mol. The van der Waals surface area contributed by atoms with Gasteiger partial charge in [0.2, 0.25) is 0 Å². The van der Waals surface area contributed by atoms with Crippen LogP contribution in [0.25, 0.3) is 0 Å². The van der Waals surface area contributed by atoms with E-state index in [-0.39, 0.29) is 17.1 Å². The lowest BCUT2D eigenvalue weighted by Crippen LogP contribution is -2.67. The van der Waals surface area contributed by atoms with Gasteiger partial charge in [-0.05, 0) is 22.3 Å². The van der Waals surface area contributed by atoms with Crippen molar-refractivity contribution in [1.82, 2.24) is 0 Å². The molecule has 0 fully saturated rings. The zero-order valence-corrected chi connectivity index (χ0v) is 17.6. The summed E-state index contributed by atoms with van der Waals surface area (Å²) in [6.45, 7) is 9.12. The van der Waals surface area contributed by atoms with E-state index in [9.17, 15) is 4.79 Å². The van der Waals surface area contributed by atoms with Crippen molar-refractivity contribution < 1.29 is 14.0 Å². The van der Waals surface area contributed by atoms with E-state index in [2.05, 4.69) is 69.3 Å². The number of carbonyl (C=O) groups excluding carboxylic acids is 1. The molecular formula is C23H28O3Si. The molecule has 1 heterocycles. The normalized spacial score (nSPS) is 18.0. The first-order valence-corrected chi connectivity index (χ1v) is 11.4. The molecule has 0 saturated carbocycles. The lowest BCUT2D eigenvalue weighted by Gasteiger charge is -2.43. The summed E-state index contributed by atoms with van der Waals surface area (Å²) in [5, 5.41) is 2.38. The molecule has 0 spiro atoms. The maximum absolute atomic E-state index is 11.8. The Morgan fingerprint density at radius 1 is 1.00 bits per heavy atom. The van der Waals surface area contributed by atoms with Crippen molar-refractivity contribution in [2.75, 3.05) is 6.61 Å². The average molecular weight is 381 g/mol. The number of ether oxygens (including phenoxy) is 1. The smallest absolute Gasteiger partial charge is 0.331 e. The topological polar surface area (TPSA) is 35.5 Å². The van der Waals surface area contributed by atoms with Gasteiger partial charge in [-0.3, -0.25) is 0 Å². The molecule has 0 saturated heterocycles. The first kappa shape index (κ1) is 19.6. The molecule has 0 N–H and O–H groups in total. The summed E-state index contributed by atoms with van der Waals surface area (Å²) in [6, 6.07) is 21.0. The molecule has 0 aromatic heterocycles. The van der Waals surface area contributed by atoms with Gasteiger partial charge in [-0.2, -0.15) is 0 Å². The first-order valence-electron chi connectivity index (χ1n) is 9.46. The Kier molecular flexibility index (Phi) is 5.68. The zero-order valence-electron chi connectivity index (χ0n) is 16.6. The lowest BCUT2D eigenvalue weighted by atomic mass is 10.1. The van der Waals surface area contributed by atoms with Gasteiger partial charge < -0.3 is 9.16 Å². The van der Waals surface area contributed by atoms with E-state index in [4.69, 9.17) is 9.16 Å². The monoisotopic (exact) mass is 380 g/mol. The van der Waals surface area contributed by atoms with E-state index in [0.717, 1.165) is 12.0 Å². The van der Waals surface area contributed by atoms with Crippen LogP contribution in [0.1, 0.15) is 34.1 Å². The quantitative estimate of drug-likeness (QED) is 0.584. The van der Waals surface area contributed by atoms with Crippen molar-refractivity contribution in [3.63, 3.8) is 0 Å². The molecule has 1 atom stereocenters. The molecule has 142 valence electrons. The molecule has 0 amide bonds. The molecule has 3 nitrogen and oxygen atoms in total. The number of carbonyl (C=O) groups is 1. The van der Waals surface area contributed by atoms with Crippen LogP contribution in [0.3, 0.4) is 0 Å². The Morgan fingerprint density at radius 2 is 1.52 bits per heavy atom. The van der Waals surface area contributed by atoms with Crippen LogP contribution in [0.5, 0.6) is 0 Å². The summed E-state index contributed by atoms with van der Waals surface area (Å²) in [5.74, 6) is -0.269. The molecule has 0 unspecified atom stereocenters. The van der Waals surface area contributed by atoms with E-state index >= 15 is 0 Å². The number of hydrogen-bond donors (Lipinski definition) is 0. The minimum Gasteiger partial charge on any atom is -0.456 e. The first-order chi connectivity index (χ1) is 12.8. The third kappa shape index (κ3) is 4.07. The third-order valence-electron chi connectivity index (χ3n) is 5.10. The van der Waals surface area contributed by atoms with Gasteiger partial charge in [0.15, 0.2) is 0 Å².